The van der Waals surface area contributed by atoms with Gasteiger partial charge in [-0.2, -0.15) is 0 Å². The monoisotopic (exact) mass is 322 g/mol. The molecule has 1 aromatic rings. The van der Waals surface area contributed by atoms with Crippen LogP contribution in [0.3, 0.4) is 0 Å². The van der Waals surface area contributed by atoms with Crippen LogP contribution < -0.4 is 0 Å². The third-order valence-corrected chi connectivity index (χ3v) is 3.69. The largest absolute Gasteiger partial charge is 0.481 e. The van der Waals surface area contributed by atoms with Gasteiger partial charge >= 0.3 is 12.0 Å². The van der Waals surface area contributed by atoms with E-state index in [9.17, 15) is 9.59 Å². The lowest BCUT2D eigenvalue weighted by atomic mass is 10.2. The van der Waals surface area contributed by atoms with E-state index in [0.29, 0.717) is 24.7 Å². The Morgan fingerprint density at radius 2 is 2.14 bits per heavy atom. The zero-order chi connectivity index (χ0) is 15.9. The maximum atomic E-state index is 12.6. The highest BCUT2D eigenvalue weighted by Crippen LogP contribution is 2.15. The van der Waals surface area contributed by atoms with E-state index in [1.807, 2.05) is 24.3 Å². The van der Waals surface area contributed by atoms with Gasteiger partial charge in [0.05, 0.1) is 6.42 Å². The van der Waals surface area contributed by atoms with E-state index in [2.05, 4.69) is 0 Å². The molecule has 0 bridgehead atoms. The molecule has 1 heterocycles. The number of urea groups is 1. The summed E-state index contributed by atoms with van der Waals surface area (Å²) < 4.78 is 0. The molecular weight excluding hydrogens is 304 g/mol. The summed E-state index contributed by atoms with van der Waals surface area (Å²) >= 11 is 5.97. The van der Waals surface area contributed by atoms with Crippen LogP contribution in [0.25, 0.3) is 0 Å². The predicted molar refractivity (Wildman–Crippen MR) is 84.8 cm³/mol. The van der Waals surface area contributed by atoms with E-state index in [1.54, 1.807) is 21.9 Å². The molecule has 0 aromatic heterocycles. The van der Waals surface area contributed by atoms with Crippen molar-refractivity contribution >= 4 is 23.6 Å². The number of nitrogens with zero attached hydrogens (tertiary/aromatic N) is 2. The molecule has 1 N–H and O–H groups in total. The van der Waals surface area contributed by atoms with Gasteiger partial charge in [-0.3, -0.25) is 4.79 Å². The van der Waals surface area contributed by atoms with Gasteiger partial charge in [-0.25, -0.2) is 4.79 Å². The molecule has 118 valence electrons. The molecule has 1 aromatic carbocycles. The normalized spacial score (nSPS) is 14.0. The fourth-order valence-electron chi connectivity index (χ4n) is 2.34. The Labute approximate surface area is 134 Å². The number of halogens is 1. The first-order valence-electron chi connectivity index (χ1n) is 7.21. The van der Waals surface area contributed by atoms with E-state index >= 15 is 0 Å². The number of hydrogen-bond donors (Lipinski definition) is 1. The summed E-state index contributed by atoms with van der Waals surface area (Å²) in [5.41, 5.74) is 0.888. The van der Waals surface area contributed by atoms with Gasteiger partial charge in [0.25, 0.3) is 0 Å². The lowest BCUT2D eigenvalue weighted by Gasteiger charge is -2.31. The van der Waals surface area contributed by atoms with Crippen molar-refractivity contribution in [3.8, 4) is 0 Å². The second-order valence-corrected chi connectivity index (χ2v) is 5.62. The van der Waals surface area contributed by atoms with Crippen molar-refractivity contribution in [2.24, 2.45) is 0 Å². The minimum absolute atomic E-state index is 0.0734. The Hall–Kier alpha value is -2.01. The average Bonchev–Trinajstić information content (AvgIpc) is 2.51. The molecule has 2 rings (SSSR count). The number of hydrogen-bond acceptors (Lipinski definition) is 2. The first-order chi connectivity index (χ1) is 10.6. The number of carboxylic acids is 1. The minimum atomic E-state index is -0.914. The van der Waals surface area contributed by atoms with Gasteiger partial charge in [0, 0.05) is 31.2 Å². The molecule has 0 saturated carbocycles. The van der Waals surface area contributed by atoms with Gasteiger partial charge in [0.1, 0.15) is 0 Å². The molecule has 0 aliphatic carbocycles. The fraction of sp³-hybridized carbons (Fsp3) is 0.375. The van der Waals surface area contributed by atoms with Gasteiger partial charge < -0.3 is 14.9 Å². The van der Waals surface area contributed by atoms with Crippen molar-refractivity contribution in [3.05, 3.63) is 47.0 Å². The Kier molecular flexibility index (Phi) is 5.83. The van der Waals surface area contributed by atoms with E-state index < -0.39 is 5.97 Å². The van der Waals surface area contributed by atoms with Crippen LogP contribution in [-0.2, 0) is 11.3 Å². The second-order valence-electron chi connectivity index (χ2n) is 5.18. The lowest BCUT2D eigenvalue weighted by Crippen LogP contribution is -2.44. The third-order valence-electron chi connectivity index (χ3n) is 3.46. The van der Waals surface area contributed by atoms with Crippen molar-refractivity contribution in [1.82, 2.24) is 9.80 Å². The molecule has 0 unspecified atom stereocenters. The molecule has 0 saturated heterocycles. The van der Waals surface area contributed by atoms with Crippen LogP contribution in [0.15, 0.2) is 36.4 Å². The van der Waals surface area contributed by atoms with Crippen molar-refractivity contribution < 1.29 is 14.7 Å². The molecule has 0 spiro atoms. The first kappa shape index (κ1) is 16.4. The van der Waals surface area contributed by atoms with Gasteiger partial charge in [0.15, 0.2) is 0 Å². The van der Waals surface area contributed by atoms with Gasteiger partial charge in [0.2, 0.25) is 0 Å². The summed E-state index contributed by atoms with van der Waals surface area (Å²) in [6.45, 7) is 1.76. The number of rotatable bonds is 5. The number of carboxylic acid groups (broad SMARTS) is 1. The fourth-order valence-corrected chi connectivity index (χ4v) is 2.56. The molecule has 22 heavy (non-hydrogen) atoms. The zero-order valence-electron chi connectivity index (χ0n) is 12.2. The molecule has 1 aliphatic heterocycles. The van der Waals surface area contributed by atoms with Gasteiger partial charge in [-0.05, 0) is 24.1 Å². The SMILES string of the molecule is O=C(O)CCN(Cc1cccc(Cl)c1)C(=O)N1CC=CCC1. The van der Waals surface area contributed by atoms with Crippen LogP contribution in [0, 0.1) is 0 Å². The summed E-state index contributed by atoms with van der Waals surface area (Å²) in [7, 11) is 0. The quantitative estimate of drug-likeness (QED) is 0.848. The molecule has 2 amide bonds. The highest BCUT2D eigenvalue weighted by atomic mass is 35.5. The highest BCUT2D eigenvalue weighted by Gasteiger charge is 2.21. The summed E-state index contributed by atoms with van der Waals surface area (Å²) in [5.74, 6) is -0.914. The lowest BCUT2D eigenvalue weighted by molar-refractivity contribution is -0.137. The Morgan fingerprint density at radius 3 is 2.77 bits per heavy atom. The van der Waals surface area contributed by atoms with Crippen molar-refractivity contribution in [2.45, 2.75) is 19.4 Å². The topological polar surface area (TPSA) is 60.9 Å². The number of amides is 2. The number of benzene rings is 1. The van der Waals surface area contributed by atoms with E-state index in [0.717, 1.165) is 12.0 Å². The van der Waals surface area contributed by atoms with Crippen LogP contribution in [0.4, 0.5) is 4.79 Å². The van der Waals surface area contributed by atoms with Crippen LogP contribution in [-0.4, -0.2) is 46.5 Å². The summed E-state index contributed by atoms with van der Waals surface area (Å²) in [4.78, 5) is 26.7. The summed E-state index contributed by atoms with van der Waals surface area (Å²) in [6, 6.07) is 7.12. The van der Waals surface area contributed by atoms with E-state index in [1.165, 1.54) is 0 Å². The molecule has 6 heteroatoms. The Bertz CT molecular complexity index is 574. The second kappa shape index (κ2) is 7.84. The molecule has 1 aliphatic rings. The van der Waals surface area contributed by atoms with Crippen molar-refractivity contribution in [3.63, 3.8) is 0 Å². The van der Waals surface area contributed by atoms with Crippen molar-refractivity contribution in [1.29, 1.82) is 0 Å². The molecule has 5 nitrogen and oxygen atoms in total. The van der Waals surface area contributed by atoms with Gasteiger partial charge in [-0.15, -0.1) is 0 Å². The smallest absolute Gasteiger partial charge is 0.320 e. The number of carbonyl (C=O) groups excluding carboxylic acids is 1. The number of aliphatic carboxylic acids is 1. The Balaban J connectivity index is 2.09. The summed E-state index contributed by atoms with van der Waals surface area (Å²) in [6.07, 6.45) is 4.75. The van der Waals surface area contributed by atoms with E-state index in [-0.39, 0.29) is 19.0 Å². The maximum Gasteiger partial charge on any atom is 0.320 e. The highest BCUT2D eigenvalue weighted by molar-refractivity contribution is 6.30. The maximum absolute atomic E-state index is 12.6. The average molecular weight is 323 g/mol. The first-order valence-corrected chi connectivity index (χ1v) is 7.59. The standard InChI is InChI=1S/C16H19ClN2O3/c17-14-6-4-5-13(11-14)12-19(10-7-15(20)21)16(22)18-8-2-1-3-9-18/h1-2,4-6,11H,3,7-10,12H2,(H,20,21). The Morgan fingerprint density at radius 1 is 1.32 bits per heavy atom. The third kappa shape index (κ3) is 4.77. The zero-order valence-corrected chi connectivity index (χ0v) is 13.0. The minimum Gasteiger partial charge on any atom is -0.481 e. The van der Waals surface area contributed by atoms with Crippen LogP contribution in [0.5, 0.6) is 0 Å². The molecule has 0 radical (unpaired) electrons. The molecular formula is C16H19ClN2O3. The van der Waals surface area contributed by atoms with Crippen molar-refractivity contribution in [2.75, 3.05) is 19.6 Å². The predicted octanol–water partition coefficient (Wildman–Crippen LogP) is 3.00. The number of carbonyl (C=O) groups is 2. The van der Waals surface area contributed by atoms with Gasteiger partial charge in [-0.1, -0.05) is 35.9 Å². The van der Waals surface area contributed by atoms with E-state index in [4.69, 9.17) is 16.7 Å². The van der Waals surface area contributed by atoms with Crippen LogP contribution in [0.1, 0.15) is 18.4 Å². The van der Waals surface area contributed by atoms with Crippen LogP contribution in [0.2, 0.25) is 5.02 Å². The molecule has 0 atom stereocenters. The molecule has 0 fully saturated rings. The summed E-state index contributed by atoms with van der Waals surface area (Å²) in [5, 5.41) is 9.48. The van der Waals surface area contributed by atoms with Crippen LogP contribution >= 0.6 is 11.6 Å².